The van der Waals surface area contributed by atoms with Gasteiger partial charge in [-0.15, -0.1) is 0 Å². The van der Waals surface area contributed by atoms with Crippen molar-refractivity contribution in [2.75, 3.05) is 31.7 Å². The maximum Gasteiger partial charge on any atom is 0.325 e. The summed E-state index contributed by atoms with van der Waals surface area (Å²) in [6.45, 7) is 2.39. The van der Waals surface area contributed by atoms with Crippen molar-refractivity contribution in [3.63, 3.8) is 0 Å². The maximum absolute atomic E-state index is 13.3. The molecule has 0 aliphatic carbocycles. The van der Waals surface area contributed by atoms with Crippen LogP contribution in [0.25, 0.3) is 0 Å². The molecule has 4 rings (SSSR count). The van der Waals surface area contributed by atoms with Crippen molar-refractivity contribution in [2.24, 2.45) is 0 Å². The number of sulfonamides is 1. The van der Waals surface area contributed by atoms with Gasteiger partial charge in [0.15, 0.2) is 17.6 Å². The lowest BCUT2D eigenvalue weighted by molar-refractivity contribution is -0.156. The minimum Gasteiger partial charge on any atom is -0.486 e. The number of rotatable bonds is 6. The molecule has 1 fully saturated rings. The number of ether oxygens (including phenoxy) is 3. The van der Waals surface area contributed by atoms with Crippen LogP contribution in [0.15, 0.2) is 53.4 Å². The van der Waals surface area contributed by atoms with Crippen molar-refractivity contribution >= 4 is 27.6 Å². The molecule has 0 aromatic heterocycles. The number of hydrogen-bond acceptors (Lipinski definition) is 7. The highest BCUT2D eigenvalue weighted by molar-refractivity contribution is 7.89. The molecule has 0 spiro atoms. The van der Waals surface area contributed by atoms with E-state index in [4.69, 9.17) is 14.2 Å². The first-order chi connectivity index (χ1) is 15.8. The highest BCUT2D eigenvalue weighted by Gasteiger charge is 2.41. The summed E-state index contributed by atoms with van der Waals surface area (Å²) in [5, 5.41) is 0. The Labute approximate surface area is 192 Å². The first-order valence-electron chi connectivity index (χ1n) is 10.7. The van der Waals surface area contributed by atoms with Gasteiger partial charge in [0, 0.05) is 25.3 Å². The SMILES string of the molecule is C[C@@H](OC(=O)[C@H]1CCCN1S(=O)(=O)c1ccc2c(c1)OCCO2)C(=O)N(C)c1ccccc1. The van der Waals surface area contributed by atoms with E-state index in [9.17, 15) is 18.0 Å². The zero-order chi connectivity index (χ0) is 23.6. The van der Waals surface area contributed by atoms with E-state index in [0.29, 0.717) is 43.2 Å². The van der Waals surface area contributed by atoms with Crippen molar-refractivity contribution in [3.8, 4) is 11.5 Å². The van der Waals surface area contributed by atoms with Gasteiger partial charge >= 0.3 is 5.97 Å². The van der Waals surface area contributed by atoms with Crippen LogP contribution >= 0.6 is 0 Å². The molecular weight excluding hydrogens is 448 g/mol. The highest BCUT2D eigenvalue weighted by atomic mass is 32.2. The normalized spacial score (nSPS) is 19.0. The predicted octanol–water partition coefficient (Wildman–Crippen LogP) is 2.21. The fourth-order valence-electron chi connectivity index (χ4n) is 3.94. The second-order valence-electron chi connectivity index (χ2n) is 7.89. The third kappa shape index (κ3) is 4.67. The molecule has 0 bridgehead atoms. The Kier molecular flexibility index (Phi) is 6.57. The van der Waals surface area contributed by atoms with Gasteiger partial charge in [-0.25, -0.2) is 8.42 Å². The number of carbonyl (C=O) groups is 2. The second-order valence-corrected chi connectivity index (χ2v) is 9.78. The average Bonchev–Trinajstić information content (AvgIpc) is 3.34. The molecular formula is C23H26N2O7S. The molecule has 2 aromatic carbocycles. The zero-order valence-electron chi connectivity index (χ0n) is 18.5. The number of amides is 1. The molecule has 1 amide bonds. The highest BCUT2D eigenvalue weighted by Crippen LogP contribution is 2.35. The second kappa shape index (κ2) is 9.40. The van der Waals surface area contributed by atoms with Crippen LogP contribution in [0.3, 0.4) is 0 Å². The summed E-state index contributed by atoms with van der Waals surface area (Å²) in [5.41, 5.74) is 0.661. The Morgan fingerprint density at radius 1 is 1.09 bits per heavy atom. The molecule has 0 N–H and O–H groups in total. The summed E-state index contributed by atoms with van der Waals surface area (Å²) in [6, 6.07) is 12.4. The van der Waals surface area contributed by atoms with Crippen LogP contribution in [0, 0.1) is 0 Å². The van der Waals surface area contributed by atoms with E-state index < -0.39 is 34.0 Å². The van der Waals surface area contributed by atoms with E-state index in [1.54, 1.807) is 37.4 Å². The smallest absolute Gasteiger partial charge is 0.325 e. The minimum atomic E-state index is -3.98. The van der Waals surface area contributed by atoms with Gasteiger partial charge in [0.05, 0.1) is 4.90 Å². The summed E-state index contributed by atoms with van der Waals surface area (Å²) in [4.78, 5) is 27.0. The van der Waals surface area contributed by atoms with Crippen molar-refractivity contribution < 1.29 is 32.2 Å². The quantitative estimate of drug-likeness (QED) is 0.592. The van der Waals surface area contributed by atoms with Crippen molar-refractivity contribution in [1.29, 1.82) is 0 Å². The van der Waals surface area contributed by atoms with Crippen molar-refractivity contribution in [1.82, 2.24) is 4.31 Å². The molecule has 2 atom stereocenters. The fourth-order valence-corrected chi connectivity index (χ4v) is 5.60. The number of esters is 1. The Balaban J connectivity index is 1.47. The van der Waals surface area contributed by atoms with Crippen LogP contribution in [0.4, 0.5) is 5.69 Å². The van der Waals surface area contributed by atoms with Crippen molar-refractivity contribution in [2.45, 2.75) is 36.8 Å². The molecule has 9 nitrogen and oxygen atoms in total. The maximum atomic E-state index is 13.3. The van der Waals surface area contributed by atoms with E-state index in [1.807, 2.05) is 6.07 Å². The van der Waals surface area contributed by atoms with E-state index in [0.717, 1.165) is 4.31 Å². The number of hydrogen-bond donors (Lipinski definition) is 0. The number of benzene rings is 2. The summed E-state index contributed by atoms with van der Waals surface area (Å²) >= 11 is 0. The van der Waals surface area contributed by atoms with Crippen LogP contribution in [0.5, 0.6) is 11.5 Å². The first-order valence-corrected chi connectivity index (χ1v) is 12.2. The van der Waals surface area contributed by atoms with E-state index in [2.05, 4.69) is 0 Å². The zero-order valence-corrected chi connectivity index (χ0v) is 19.3. The number of likely N-dealkylation sites (N-methyl/N-ethyl adjacent to an activating group) is 1. The van der Waals surface area contributed by atoms with Gasteiger partial charge in [0.1, 0.15) is 19.3 Å². The van der Waals surface area contributed by atoms with Gasteiger partial charge < -0.3 is 19.1 Å². The molecule has 33 heavy (non-hydrogen) atoms. The molecule has 0 unspecified atom stereocenters. The molecule has 2 aromatic rings. The lowest BCUT2D eigenvalue weighted by atomic mass is 10.2. The number of carbonyl (C=O) groups excluding carboxylic acids is 2. The fraction of sp³-hybridized carbons (Fsp3) is 0.391. The van der Waals surface area contributed by atoms with Gasteiger partial charge in [-0.1, -0.05) is 18.2 Å². The average molecular weight is 475 g/mol. The third-order valence-corrected chi connectivity index (χ3v) is 7.61. The van der Waals surface area contributed by atoms with Crippen LogP contribution < -0.4 is 14.4 Å². The third-order valence-electron chi connectivity index (χ3n) is 5.71. The van der Waals surface area contributed by atoms with Crippen LogP contribution in [-0.2, 0) is 24.3 Å². The van der Waals surface area contributed by atoms with Crippen LogP contribution in [0.2, 0.25) is 0 Å². The lowest BCUT2D eigenvalue weighted by Crippen LogP contribution is -2.44. The monoisotopic (exact) mass is 474 g/mol. The summed E-state index contributed by atoms with van der Waals surface area (Å²) in [5.74, 6) is -0.319. The summed E-state index contributed by atoms with van der Waals surface area (Å²) in [6.07, 6.45) is -0.240. The van der Waals surface area contributed by atoms with Gasteiger partial charge in [0.25, 0.3) is 5.91 Å². The molecule has 0 saturated carbocycles. The molecule has 2 aliphatic rings. The van der Waals surface area contributed by atoms with Crippen LogP contribution in [-0.4, -0.2) is 63.6 Å². The molecule has 2 aliphatic heterocycles. The molecule has 176 valence electrons. The Morgan fingerprint density at radius 3 is 2.52 bits per heavy atom. The number of fused-ring (bicyclic) bond motifs is 1. The molecule has 2 heterocycles. The topological polar surface area (TPSA) is 102 Å². The van der Waals surface area contributed by atoms with E-state index in [1.165, 1.54) is 24.0 Å². The molecule has 10 heteroatoms. The van der Waals surface area contributed by atoms with Crippen molar-refractivity contribution in [3.05, 3.63) is 48.5 Å². The van der Waals surface area contributed by atoms with Gasteiger partial charge in [-0.3, -0.25) is 9.59 Å². The summed E-state index contributed by atoms with van der Waals surface area (Å²) in [7, 11) is -2.39. The summed E-state index contributed by atoms with van der Waals surface area (Å²) < 4.78 is 44.1. The standard InChI is InChI=1S/C23H26N2O7S/c1-16(22(26)24(2)17-7-4-3-5-8-17)32-23(27)19-9-6-12-25(19)33(28,29)18-10-11-20-21(15-18)31-14-13-30-20/h3-5,7-8,10-11,15-16,19H,6,9,12-14H2,1-2H3/t16-,19-/m1/s1. The Hall–Kier alpha value is -3.11. The Morgan fingerprint density at radius 2 is 1.79 bits per heavy atom. The van der Waals surface area contributed by atoms with Crippen LogP contribution in [0.1, 0.15) is 19.8 Å². The molecule has 1 saturated heterocycles. The lowest BCUT2D eigenvalue weighted by Gasteiger charge is -2.26. The molecule has 0 radical (unpaired) electrons. The minimum absolute atomic E-state index is 0.0133. The Bertz CT molecular complexity index is 1140. The first kappa shape index (κ1) is 23.1. The van der Waals surface area contributed by atoms with Gasteiger partial charge in [-0.05, 0) is 44.0 Å². The van der Waals surface area contributed by atoms with Gasteiger partial charge in [0.2, 0.25) is 10.0 Å². The number of nitrogens with zero attached hydrogens (tertiary/aromatic N) is 2. The van der Waals surface area contributed by atoms with E-state index in [-0.39, 0.29) is 11.4 Å². The predicted molar refractivity (Wildman–Crippen MR) is 120 cm³/mol. The largest absolute Gasteiger partial charge is 0.486 e. The van der Waals surface area contributed by atoms with Gasteiger partial charge in [-0.2, -0.15) is 4.31 Å². The van der Waals surface area contributed by atoms with E-state index >= 15 is 0 Å². The number of para-hydroxylation sites is 1. The number of anilines is 1.